The highest BCUT2D eigenvalue weighted by atomic mass is 35.5. The summed E-state index contributed by atoms with van der Waals surface area (Å²) >= 11 is 5.93. The van der Waals surface area contributed by atoms with E-state index in [1.807, 2.05) is 51.1 Å². The highest BCUT2D eigenvalue weighted by Crippen LogP contribution is 2.24. The maximum absolute atomic E-state index is 13.0. The number of carbonyl (C=O) groups is 1. The molecule has 170 valence electrons. The number of carbonyl (C=O) groups excluding carboxylic acids is 1. The zero-order valence-electron chi connectivity index (χ0n) is 18.8. The number of hydrogen-bond acceptors (Lipinski definition) is 6. The molecule has 0 saturated carbocycles. The van der Waals surface area contributed by atoms with E-state index in [2.05, 4.69) is 35.8 Å². The molecule has 0 unspecified atom stereocenters. The molecule has 9 heteroatoms. The van der Waals surface area contributed by atoms with E-state index in [4.69, 9.17) is 16.0 Å². The fourth-order valence-corrected chi connectivity index (χ4v) is 3.95. The normalized spacial score (nSPS) is 14.8. The summed E-state index contributed by atoms with van der Waals surface area (Å²) < 4.78 is 7.65. The SMILES string of the molecule is CC(C)(C)c1cnn(-c2ccc(C(=O)N3CCN(c4nc5nc(Cl)ccc5o4)CC3)cc2)c1. The molecule has 1 amide bonds. The predicted octanol–water partition coefficient (Wildman–Crippen LogP) is 4.32. The molecule has 5 rings (SSSR count). The first-order chi connectivity index (χ1) is 15.8. The summed E-state index contributed by atoms with van der Waals surface area (Å²) in [5, 5.41) is 4.84. The van der Waals surface area contributed by atoms with Gasteiger partial charge in [-0.05, 0) is 47.4 Å². The van der Waals surface area contributed by atoms with Gasteiger partial charge in [0.05, 0.1) is 11.9 Å². The molecule has 4 aromatic rings. The molecule has 3 aromatic heterocycles. The second-order valence-electron chi connectivity index (χ2n) is 9.20. The quantitative estimate of drug-likeness (QED) is 0.420. The number of oxazole rings is 1. The van der Waals surface area contributed by atoms with E-state index in [-0.39, 0.29) is 11.3 Å². The van der Waals surface area contributed by atoms with Gasteiger partial charge in [-0.1, -0.05) is 32.4 Å². The number of pyridine rings is 1. The van der Waals surface area contributed by atoms with Crippen molar-refractivity contribution in [3.05, 3.63) is 65.1 Å². The van der Waals surface area contributed by atoms with Crippen LogP contribution in [0.1, 0.15) is 36.7 Å². The van der Waals surface area contributed by atoms with Gasteiger partial charge in [-0.3, -0.25) is 4.79 Å². The standard InChI is InChI=1S/C24H25ClN6O2/c1-24(2,3)17-14-26-31(15-17)18-6-4-16(5-7-18)22(32)29-10-12-30(13-11-29)23-28-21-19(33-23)8-9-20(25)27-21/h4-9,14-15H,10-13H2,1-3H3. The second kappa shape index (κ2) is 8.19. The fourth-order valence-electron chi connectivity index (χ4n) is 3.81. The lowest BCUT2D eigenvalue weighted by Gasteiger charge is -2.33. The van der Waals surface area contributed by atoms with Crippen molar-refractivity contribution in [3.63, 3.8) is 0 Å². The van der Waals surface area contributed by atoms with Gasteiger partial charge in [0, 0.05) is 37.9 Å². The van der Waals surface area contributed by atoms with Crippen LogP contribution < -0.4 is 4.90 Å². The summed E-state index contributed by atoms with van der Waals surface area (Å²) in [4.78, 5) is 25.5. The van der Waals surface area contributed by atoms with E-state index in [0.717, 1.165) is 5.69 Å². The van der Waals surface area contributed by atoms with Crippen LogP contribution in [-0.2, 0) is 5.41 Å². The Morgan fingerprint density at radius 3 is 2.39 bits per heavy atom. The zero-order valence-corrected chi connectivity index (χ0v) is 19.6. The fraction of sp³-hybridized carbons (Fsp3) is 0.333. The molecule has 8 nitrogen and oxygen atoms in total. The maximum Gasteiger partial charge on any atom is 0.300 e. The van der Waals surface area contributed by atoms with Crippen molar-refractivity contribution in [2.24, 2.45) is 0 Å². The minimum Gasteiger partial charge on any atom is -0.422 e. The number of benzene rings is 1. The van der Waals surface area contributed by atoms with Crippen molar-refractivity contribution < 1.29 is 9.21 Å². The molecule has 1 aliphatic rings. The third-order valence-corrected chi connectivity index (χ3v) is 6.08. The van der Waals surface area contributed by atoms with E-state index >= 15 is 0 Å². The number of rotatable bonds is 3. The number of fused-ring (bicyclic) bond motifs is 1. The minimum atomic E-state index is 0.0167. The van der Waals surface area contributed by atoms with Crippen molar-refractivity contribution in [1.29, 1.82) is 0 Å². The number of anilines is 1. The Kier molecular flexibility index (Phi) is 5.32. The molecular weight excluding hydrogens is 440 g/mol. The number of nitrogens with zero attached hydrogens (tertiary/aromatic N) is 6. The van der Waals surface area contributed by atoms with Gasteiger partial charge in [0.15, 0.2) is 5.58 Å². The maximum atomic E-state index is 13.0. The number of hydrogen-bond donors (Lipinski definition) is 0. The number of piperazine rings is 1. The molecule has 0 radical (unpaired) electrons. The van der Waals surface area contributed by atoms with Crippen LogP contribution >= 0.6 is 11.6 Å². The third-order valence-electron chi connectivity index (χ3n) is 5.87. The Hall–Kier alpha value is -3.39. The lowest BCUT2D eigenvalue weighted by atomic mass is 9.90. The molecule has 0 spiro atoms. The second-order valence-corrected chi connectivity index (χ2v) is 9.59. The van der Waals surface area contributed by atoms with E-state index in [1.165, 1.54) is 5.56 Å². The Bertz CT molecular complexity index is 1300. The average Bonchev–Trinajstić information content (AvgIpc) is 3.46. The van der Waals surface area contributed by atoms with Crippen LogP contribution in [0.4, 0.5) is 6.01 Å². The Labute approximate surface area is 196 Å². The molecule has 0 atom stereocenters. The molecule has 0 N–H and O–H groups in total. The number of aromatic nitrogens is 4. The zero-order chi connectivity index (χ0) is 23.2. The molecule has 0 aliphatic carbocycles. The lowest BCUT2D eigenvalue weighted by Crippen LogP contribution is -2.48. The minimum absolute atomic E-state index is 0.0167. The Morgan fingerprint density at radius 1 is 1.00 bits per heavy atom. The Morgan fingerprint density at radius 2 is 1.73 bits per heavy atom. The van der Waals surface area contributed by atoms with Crippen molar-refractivity contribution in [1.82, 2.24) is 24.6 Å². The number of amides is 1. The van der Waals surface area contributed by atoms with Crippen LogP contribution in [0.15, 0.2) is 53.2 Å². The van der Waals surface area contributed by atoms with Crippen molar-refractivity contribution >= 4 is 34.8 Å². The van der Waals surface area contributed by atoms with Gasteiger partial charge in [0.25, 0.3) is 11.9 Å². The molecule has 4 heterocycles. The lowest BCUT2D eigenvalue weighted by molar-refractivity contribution is 0.0745. The monoisotopic (exact) mass is 464 g/mol. The predicted molar refractivity (Wildman–Crippen MR) is 127 cm³/mol. The van der Waals surface area contributed by atoms with Crippen molar-refractivity contribution in [2.45, 2.75) is 26.2 Å². The van der Waals surface area contributed by atoms with Crippen molar-refractivity contribution in [2.75, 3.05) is 31.1 Å². The highest BCUT2D eigenvalue weighted by Gasteiger charge is 2.25. The van der Waals surface area contributed by atoms with Crippen LogP contribution in [0.3, 0.4) is 0 Å². The van der Waals surface area contributed by atoms with Gasteiger partial charge >= 0.3 is 0 Å². The van der Waals surface area contributed by atoms with E-state index in [0.29, 0.717) is 54.1 Å². The molecule has 1 aliphatic heterocycles. The van der Waals surface area contributed by atoms with Crippen LogP contribution in [0.5, 0.6) is 0 Å². The van der Waals surface area contributed by atoms with Gasteiger partial charge in [-0.15, -0.1) is 0 Å². The summed E-state index contributed by atoms with van der Waals surface area (Å²) in [6.07, 6.45) is 3.92. The molecule has 1 fully saturated rings. The van der Waals surface area contributed by atoms with E-state index in [9.17, 15) is 4.79 Å². The first kappa shape index (κ1) is 21.5. The average molecular weight is 465 g/mol. The molecule has 0 bridgehead atoms. The molecule has 1 aromatic carbocycles. The Balaban J connectivity index is 1.23. The van der Waals surface area contributed by atoms with Gasteiger partial charge in [-0.2, -0.15) is 10.1 Å². The molecular formula is C24H25ClN6O2. The van der Waals surface area contributed by atoms with Gasteiger partial charge in [0.1, 0.15) is 5.15 Å². The van der Waals surface area contributed by atoms with Gasteiger partial charge in [0.2, 0.25) is 5.65 Å². The third kappa shape index (κ3) is 4.30. The molecule has 33 heavy (non-hydrogen) atoms. The van der Waals surface area contributed by atoms with Crippen LogP contribution in [-0.4, -0.2) is 56.7 Å². The van der Waals surface area contributed by atoms with Gasteiger partial charge < -0.3 is 14.2 Å². The van der Waals surface area contributed by atoms with Crippen LogP contribution in [0, 0.1) is 0 Å². The summed E-state index contributed by atoms with van der Waals surface area (Å²) in [5.74, 6) is 0.0167. The summed E-state index contributed by atoms with van der Waals surface area (Å²) in [5.41, 5.74) is 3.88. The first-order valence-corrected chi connectivity index (χ1v) is 11.3. The van der Waals surface area contributed by atoms with E-state index in [1.54, 1.807) is 12.1 Å². The largest absolute Gasteiger partial charge is 0.422 e. The highest BCUT2D eigenvalue weighted by molar-refractivity contribution is 6.29. The summed E-state index contributed by atoms with van der Waals surface area (Å²) in [6, 6.07) is 11.5. The van der Waals surface area contributed by atoms with Crippen LogP contribution in [0.25, 0.3) is 16.9 Å². The van der Waals surface area contributed by atoms with Crippen LogP contribution in [0.2, 0.25) is 5.15 Å². The van der Waals surface area contributed by atoms with E-state index < -0.39 is 0 Å². The molecule has 1 saturated heterocycles. The summed E-state index contributed by atoms with van der Waals surface area (Å²) in [7, 11) is 0. The van der Waals surface area contributed by atoms with Crippen molar-refractivity contribution in [3.8, 4) is 5.69 Å². The first-order valence-electron chi connectivity index (χ1n) is 10.9. The van der Waals surface area contributed by atoms with Gasteiger partial charge in [-0.25, -0.2) is 9.67 Å². The topological polar surface area (TPSA) is 80.3 Å². The summed E-state index contributed by atoms with van der Waals surface area (Å²) in [6.45, 7) is 8.91. The number of halogens is 1. The smallest absolute Gasteiger partial charge is 0.300 e.